The smallest absolute Gasteiger partial charge is 0.0702 e. The van der Waals surface area contributed by atoms with Crippen LogP contribution in [-0.4, -0.2) is 11.7 Å². The summed E-state index contributed by atoms with van der Waals surface area (Å²) in [7, 11) is 0. The summed E-state index contributed by atoms with van der Waals surface area (Å²) in [6.07, 6.45) is 2.29. The first-order chi connectivity index (χ1) is 9.36. The lowest BCUT2D eigenvalue weighted by Crippen LogP contribution is -2.19. The van der Waals surface area contributed by atoms with Gasteiger partial charge < -0.3 is 10.0 Å². The first kappa shape index (κ1) is 13.6. The van der Waals surface area contributed by atoms with Gasteiger partial charge in [-0.1, -0.05) is 49.7 Å². The number of unbranched alkanes of at least 4 members (excludes halogenated alkanes) is 1. The number of nitrogens with zero attached hydrogens (tertiary/aromatic N) is 1. The van der Waals surface area contributed by atoms with E-state index in [1.807, 2.05) is 24.3 Å². The summed E-state index contributed by atoms with van der Waals surface area (Å²) in [6, 6.07) is 18.4. The van der Waals surface area contributed by atoms with E-state index in [1.54, 1.807) is 0 Å². The van der Waals surface area contributed by atoms with Crippen LogP contribution in [0.3, 0.4) is 0 Å². The van der Waals surface area contributed by atoms with Crippen molar-refractivity contribution in [3.63, 3.8) is 0 Å². The van der Waals surface area contributed by atoms with E-state index < -0.39 is 0 Å². The summed E-state index contributed by atoms with van der Waals surface area (Å²) in [5.74, 6) is 0. The maximum absolute atomic E-state index is 9.51. The van der Waals surface area contributed by atoms with Crippen LogP contribution in [0.25, 0.3) is 0 Å². The number of aliphatic hydroxyl groups excluding tert-OH is 1. The van der Waals surface area contributed by atoms with E-state index in [0.717, 1.165) is 30.6 Å². The molecule has 0 aliphatic heterocycles. The number of hydrogen-bond donors (Lipinski definition) is 1. The molecule has 0 heterocycles. The molecule has 0 aliphatic rings. The molecule has 0 saturated carbocycles. The van der Waals surface area contributed by atoms with E-state index in [4.69, 9.17) is 0 Å². The van der Waals surface area contributed by atoms with E-state index in [0.29, 0.717) is 0 Å². The third kappa shape index (κ3) is 3.36. The molecule has 2 rings (SSSR count). The summed E-state index contributed by atoms with van der Waals surface area (Å²) in [5.41, 5.74) is 3.25. The Morgan fingerprint density at radius 2 is 1.63 bits per heavy atom. The first-order valence-corrected chi connectivity index (χ1v) is 6.88. The minimum atomic E-state index is 0.0750. The maximum atomic E-state index is 9.51. The molecule has 2 heteroatoms. The fraction of sp³-hybridized carbons (Fsp3) is 0.294. The van der Waals surface area contributed by atoms with Gasteiger partial charge in [-0.05, 0) is 24.6 Å². The number of benzene rings is 2. The van der Waals surface area contributed by atoms with Gasteiger partial charge in [0.1, 0.15) is 0 Å². The number of rotatable bonds is 6. The van der Waals surface area contributed by atoms with E-state index in [-0.39, 0.29) is 6.61 Å². The molecule has 0 spiro atoms. The molecule has 0 saturated heterocycles. The average molecular weight is 255 g/mol. The Morgan fingerprint density at radius 1 is 0.947 bits per heavy atom. The zero-order valence-electron chi connectivity index (χ0n) is 11.4. The van der Waals surface area contributed by atoms with E-state index in [1.165, 1.54) is 5.69 Å². The lowest BCUT2D eigenvalue weighted by molar-refractivity contribution is 0.282. The molecule has 0 aromatic heterocycles. The normalized spacial score (nSPS) is 10.4. The highest BCUT2D eigenvalue weighted by Gasteiger charge is 2.11. The Kier molecular flexibility index (Phi) is 4.99. The van der Waals surface area contributed by atoms with Crippen LogP contribution in [0.4, 0.5) is 11.4 Å². The van der Waals surface area contributed by atoms with Crippen molar-refractivity contribution in [1.29, 1.82) is 0 Å². The number of aliphatic hydroxyl groups is 1. The topological polar surface area (TPSA) is 23.5 Å². The van der Waals surface area contributed by atoms with Crippen LogP contribution in [0, 0.1) is 0 Å². The highest BCUT2D eigenvalue weighted by atomic mass is 16.3. The largest absolute Gasteiger partial charge is 0.392 e. The van der Waals surface area contributed by atoms with Gasteiger partial charge in [0.05, 0.1) is 6.61 Å². The lowest BCUT2D eigenvalue weighted by atomic mass is 10.1. The summed E-state index contributed by atoms with van der Waals surface area (Å²) in [4.78, 5) is 2.29. The van der Waals surface area contributed by atoms with Gasteiger partial charge in [0.15, 0.2) is 0 Å². The van der Waals surface area contributed by atoms with Crippen LogP contribution in [0.5, 0.6) is 0 Å². The van der Waals surface area contributed by atoms with Crippen LogP contribution in [0.1, 0.15) is 25.3 Å². The van der Waals surface area contributed by atoms with Gasteiger partial charge in [-0.15, -0.1) is 0 Å². The molecule has 0 amide bonds. The molecule has 2 nitrogen and oxygen atoms in total. The van der Waals surface area contributed by atoms with Gasteiger partial charge in [-0.3, -0.25) is 0 Å². The van der Waals surface area contributed by atoms with Crippen molar-refractivity contribution in [3.8, 4) is 0 Å². The van der Waals surface area contributed by atoms with Crippen LogP contribution in [0.15, 0.2) is 54.6 Å². The summed E-state index contributed by atoms with van der Waals surface area (Å²) in [6.45, 7) is 3.24. The van der Waals surface area contributed by atoms with E-state index >= 15 is 0 Å². The minimum Gasteiger partial charge on any atom is -0.392 e. The quantitative estimate of drug-likeness (QED) is 0.839. The van der Waals surface area contributed by atoms with Crippen molar-refractivity contribution in [1.82, 2.24) is 0 Å². The number of hydrogen-bond acceptors (Lipinski definition) is 2. The third-order valence-corrected chi connectivity index (χ3v) is 3.26. The highest BCUT2D eigenvalue weighted by molar-refractivity contribution is 5.66. The maximum Gasteiger partial charge on any atom is 0.0702 e. The zero-order valence-corrected chi connectivity index (χ0v) is 11.4. The Morgan fingerprint density at radius 3 is 2.32 bits per heavy atom. The lowest BCUT2D eigenvalue weighted by Gasteiger charge is -2.27. The zero-order chi connectivity index (χ0) is 13.5. The molecule has 2 aromatic carbocycles. The summed E-state index contributed by atoms with van der Waals surface area (Å²) in [5, 5.41) is 9.51. The summed E-state index contributed by atoms with van der Waals surface area (Å²) < 4.78 is 0. The average Bonchev–Trinajstić information content (AvgIpc) is 2.49. The molecule has 0 atom stereocenters. The van der Waals surface area contributed by atoms with Crippen LogP contribution >= 0.6 is 0 Å². The van der Waals surface area contributed by atoms with Crippen molar-refractivity contribution in [2.45, 2.75) is 26.4 Å². The van der Waals surface area contributed by atoms with Gasteiger partial charge in [0, 0.05) is 23.5 Å². The van der Waals surface area contributed by atoms with Crippen molar-refractivity contribution < 1.29 is 5.11 Å². The molecule has 100 valence electrons. The van der Waals surface area contributed by atoms with Crippen molar-refractivity contribution in [3.05, 3.63) is 60.2 Å². The van der Waals surface area contributed by atoms with Crippen LogP contribution in [-0.2, 0) is 6.61 Å². The monoisotopic (exact) mass is 255 g/mol. The molecule has 0 unspecified atom stereocenters. The van der Waals surface area contributed by atoms with Crippen molar-refractivity contribution >= 4 is 11.4 Å². The van der Waals surface area contributed by atoms with Gasteiger partial charge in [0.2, 0.25) is 0 Å². The highest BCUT2D eigenvalue weighted by Crippen LogP contribution is 2.28. The first-order valence-electron chi connectivity index (χ1n) is 6.88. The summed E-state index contributed by atoms with van der Waals surface area (Å²) >= 11 is 0. The third-order valence-electron chi connectivity index (χ3n) is 3.26. The second-order valence-corrected chi connectivity index (χ2v) is 4.63. The van der Waals surface area contributed by atoms with E-state index in [2.05, 4.69) is 42.2 Å². The Bertz CT molecular complexity index is 496. The minimum absolute atomic E-state index is 0.0750. The Hall–Kier alpha value is -1.80. The molecule has 0 radical (unpaired) electrons. The molecular weight excluding hydrogens is 234 g/mol. The SMILES string of the molecule is CCCCN(c1ccccc1)c1ccccc1CO. The predicted molar refractivity (Wildman–Crippen MR) is 80.7 cm³/mol. The van der Waals surface area contributed by atoms with E-state index in [9.17, 15) is 5.11 Å². The molecule has 2 aromatic rings. The predicted octanol–water partition coefficient (Wildman–Crippen LogP) is 4.12. The molecule has 0 bridgehead atoms. The second-order valence-electron chi connectivity index (χ2n) is 4.63. The standard InChI is InChI=1S/C17H21NO/c1-2-3-13-18(16-10-5-4-6-11-16)17-12-8-7-9-15(17)14-19/h4-12,19H,2-3,13-14H2,1H3. The fourth-order valence-corrected chi connectivity index (χ4v) is 2.22. The molecular formula is C17H21NO. The molecule has 0 fully saturated rings. The molecule has 1 N–H and O–H groups in total. The van der Waals surface area contributed by atoms with Crippen molar-refractivity contribution in [2.75, 3.05) is 11.4 Å². The van der Waals surface area contributed by atoms with Gasteiger partial charge >= 0.3 is 0 Å². The van der Waals surface area contributed by atoms with Crippen LogP contribution in [0.2, 0.25) is 0 Å². The van der Waals surface area contributed by atoms with Crippen LogP contribution < -0.4 is 4.90 Å². The van der Waals surface area contributed by atoms with Gasteiger partial charge in [-0.25, -0.2) is 0 Å². The fourth-order valence-electron chi connectivity index (χ4n) is 2.22. The van der Waals surface area contributed by atoms with Gasteiger partial charge in [0.25, 0.3) is 0 Å². The number of anilines is 2. The van der Waals surface area contributed by atoms with Gasteiger partial charge in [-0.2, -0.15) is 0 Å². The Labute approximate surface area is 115 Å². The van der Waals surface area contributed by atoms with Crippen molar-refractivity contribution in [2.24, 2.45) is 0 Å². The Balaban J connectivity index is 2.37. The number of para-hydroxylation sites is 2. The second kappa shape index (κ2) is 6.95. The molecule has 19 heavy (non-hydrogen) atoms. The molecule has 0 aliphatic carbocycles.